The van der Waals surface area contributed by atoms with Crippen molar-refractivity contribution in [2.75, 3.05) is 32.9 Å². The summed E-state index contributed by atoms with van der Waals surface area (Å²) >= 11 is 0. The third-order valence-corrected chi connectivity index (χ3v) is 3.92. The zero-order valence-corrected chi connectivity index (χ0v) is 14.5. The number of morpholine rings is 1. The van der Waals surface area contributed by atoms with Crippen LogP contribution in [-0.4, -0.2) is 43.8 Å². The van der Waals surface area contributed by atoms with Gasteiger partial charge in [0.1, 0.15) is 5.75 Å². The molecular weight excluding hydrogens is 290 g/mol. The molecular formula is C18H29N3O2. The van der Waals surface area contributed by atoms with Crippen LogP contribution in [0.25, 0.3) is 0 Å². The molecule has 1 aliphatic heterocycles. The van der Waals surface area contributed by atoms with Gasteiger partial charge in [0.05, 0.1) is 26.4 Å². The van der Waals surface area contributed by atoms with Crippen molar-refractivity contribution in [3.8, 4) is 5.75 Å². The summed E-state index contributed by atoms with van der Waals surface area (Å²) in [6.45, 7) is 10.8. The van der Waals surface area contributed by atoms with Gasteiger partial charge in [-0.25, -0.2) is 4.99 Å². The average Bonchev–Trinajstić information content (AvgIpc) is 2.54. The fourth-order valence-corrected chi connectivity index (χ4v) is 2.39. The van der Waals surface area contributed by atoms with Crippen LogP contribution in [0.5, 0.6) is 5.75 Å². The first kappa shape index (κ1) is 17.6. The molecule has 0 amide bonds. The minimum Gasteiger partial charge on any atom is -0.493 e. The van der Waals surface area contributed by atoms with Gasteiger partial charge in [-0.2, -0.15) is 0 Å². The Kier molecular flexibility index (Phi) is 6.71. The Bertz CT molecular complexity index is 523. The number of benzene rings is 1. The third-order valence-electron chi connectivity index (χ3n) is 3.92. The Morgan fingerprint density at radius 1 is 1.35 bits per heavy atom. The fraction of sp³-hybridized carbons (Fsp3) is 0.611. The molecule has 0 unspecified atom stereocenters. The molecule has 1 aromatic carbocycles. The third kappa shape index (κ3) is 5.75. The number of hydrogen-bond donors (Lipinski definition) is 1. The first-order valence-electron chi connectivity index (χ1n) is 8.41. The molecule has 0 spiro atoms. The lowest BCUT2D eigenvalue weighted by Gasteiger charge is -2.27. The van der Waals surface area contributed by atoms with Gasteiger partial charge in [-0.3, -0.25) is 0 Å². The van der Waals surface area contributed by atoms with E-state index < -0.39 is 0 Å². The highest BCUT2D eigenvalue weighted by molar-refractivity contribution is 5.78. The fourth-order valence-electron chi connectivity index (χ4n) is 2.39. The molecule has 1 aromatic rings. The zero-order valence-electron chi connectivity index (χ0n) is 14.5. The van der Waals surface area contributed by atoms with E-state index in [1.54, 1.807) is 0 Å². The molecule has 0 bridgehead atoms. The molecule has 128 valence electrons. The van der Waals surface area contributed by atoms with Crippen LogP contribution in [0, 0.1) is 12.8 Å². The Hall–Kier alpha value is -1.75. The summed E-state index contributed by atoms with van der Waals surface area (Å²) in [6, 6.07) is 6.25. The summed E-state index contributed by atoms with van der Waals surface area (Å²) in [6.07, 6.45) is 1.05. The molecule has 0 aliphatic carbocycles. The lowest BCUT2D eigenvalue weighted by Crippen LogP contribution is -2.44. The molecule has 2 rings (SSSR count). The highest BCUT2D eigenvalue weighted by Crippen LogP contribution is 2.22. The molecule has 23 heavy (non-hydrogen) atoms. The standard InChI is InChI=1S/C18H29N3O2/c1-14(2)6-9-23-17-12-15(3)4-5-16(17)13-20-18(19)21-7-10-22-11-8-21/h4-5,12,14H,6-11,13H2,1-3H3,(H2,19,20). The van der Waals surface area contributed by atoms with Crippen molar-refractivity contribution in [2.24, 2.45) is 16.6 Å². The highest BCUT2D eigenvalue weighted by atomic mass is 16.5. The summed E-state index contributed by atoms with van der Waals surface area (Å²) in [4.78, 5) is 6.60. The van der Waals surface area contributed by atoms with Crippen LogP contribution in [-0.2, 0) is 11.3 Å². The predicted molar refractivity (Wildman–Crippen MR) is 93.8 cm³/mol. The number of rotatable bonds is 6. The number of nitrogens with two attached hydrogens (primary N) is 1. The second-order valence-electron chi connectivity index (χ2n) is 6.42. The van der Waals surface area contributed by atoms with E-state index in [2.05, 4.69) is 48.9 Å². The van der Waals surface area contributed by atoms with Crippen LogP contribution in [0.4, 0.5) is 0 Å². The van der Waals surface area contributed by atoms with Crippen molar-refractivity contribution >= 4 is 5.96 Å². The molecule has 2 N–H and O–H groups in total. The van der Waals surface area contributed by atoms with Crippen LogP contribution in [0.2, 0.25) is 0 Å². The maximum Gasteiger partial charge on any atom is 0.191 e. The molecule has 0 radical (unpaired) electrons. The minimum atomic E-state index is 0.542. The lowest BCUT2D eigenvalue weighted by atomic mass is 10.1. The van der Waals surface area contributed by atoms with Gasteiger partial charge in [-0.05, 0) is 30.9 Å². The van der Waals surface area contributed by atoms with Gasteiger partial charge in [0, 0.05) is 18.7 Å². The Morgan fingerprint density at radius 3 is 2.78 bits per heavy atom. The largest absolute Gasteiger partial charge is 0.493 e. The van der Waals surface area contributed by atoms with Crippen molar-refractivity contribution in [3.63, 3.8) is 0 Å². The van der Waals surface area contributed by atoms with Crippen LogP contribution in [0.1, 0.15) is 31.4 Å². The molecule has 0 saturated carbocycles. The van der Waals surface area contributed by atoms with E-state index in [0.717, 1.165) is 37.4 Å². The monoisotopic (exact) mass is 319 g/mol. The maximum absolute atomic E-state index is 6.10. The van der Waals surface area contributed by atoms with Gasteiger partial charge >= 0.3 is 0 Å². The van der Waals surface area contributed by atoms with E-state index in [0.29, 0.717) is 31.6 Å². The van der Waals surface area contributed by atoms with Crippen molar-refractivity contribution < 1.29 is 9.47 Å². The van der Waals surface area contributed by atoms with Crippen molar-refractivity contribution in [3.05, 3.63) is 29.3 Å². The number of nitrogens with zero attached hydrogens (tertiary/aromatic N) is 2. The van der Waals surface area contributed by atoms with Crippen molar-refractivity contribution in [1.82, 2.24) is 4.90 Å². The van der Waals surface area contributed by atoms with Gasteiger partial charge in [0.25, 0.3) is 0 Å². The van der Waals surface area contributed by atoms with Crippen molar-refractivity contribution in [2.45, 2.75) is 33.7 Å². The summed E-state index contributed by atoms with van der Waals surface area (Å²) < 4.78 is 11.3. The molecule has 0 aromatic heterocycles. The average molecular weight is 319 g/mol. The van der Waals surface area contributed by atoms with Gasteiger partial charge in [-0.15, -0.1) is 0 Å². The number of ether oxygens (including phenoxy) is 2. The molecule has 0 atom stereocenters. The van der Waals surface area contributed by atoms with Gasteiger partial charge < -0.3 is 20.1 Å². The van der Waals surface area contributed by atoms with Gasteiger partial charge in [0.15, 0.2) is 5.96 Å². The van der Waals surface area contributed by atoms with E-state index >= 15 is 0 Å². The molecule has 1 heterocycles. The number of aryl methyl sites for hydroxylation is 1. The molecule has 1 saturated heterocycles. The van der Waals surface area contributed by atoms with Gasteiger partial charge in [-0.1, -0.05) is 26.0 Å². The normalized spacial score (nSPS) is 16.0. The first-order chi connectivity index (χ1) is 11.1. The van der Waals surface area contributed by atoms with Crippen molar-refractivity contribution in [1.29, 1.82) is 0 Å². The summed E-state index contributed by atoms with van der Waals surface area (Å²) in [5, 5.41) is 0. The van der Waals surface area contributed by atoms with Crippen LogP contribution in [0.3, 0.4) is 0 Å². The summed E-state index contributed by atoms with van der Waals surface area (Å²) in [5.74, 6) is 2.14. The van der Waals surface area contributed by atoms with Gasteiger partial charge in [0.2, 0.25) is 0 Å². The quantitative estimate of drug-likeness (QED) is 0.647. The molecule has 5 nitrogen and oxygen atoms in total. The van der Waals surface area contributed by atoms with Crippen LogP contribution in [0.15, 0.2) is 23.2 Å². The Morgan fingerprint density at radius 2 is 2.09 bits per heavy atom. The SMILES string of the molecule is Cc1ccc(CN=C(N)N2CCOCC2)c(OCCC(C)C)c1. The predicted octanol–water partition coefficient (Wildman–Crippen LogP) is 2.57. The maximum atomic E-state index is 6.10. The van der Waals surface area contributed by atoms with E-state index in [1.807, 2.05) is 0 Å². The molecule has 5 heteroatoms. The second kappa shape index (κ2) is 8.77. The number of guanidine groups is 1. The van der Waals surface area contributed by atoms with Crippen LogP contribution < -0.4 is 10.5 Å². The number of hydrogen-bond acceptors (Lipinski definition) is 3. The molecule has 1 aliphatic rings. The van der Waals surface area contributed by atoms with Crippen LogP contribution >= 0.6 is 0 Å². The van der Waals surface area contributed by atoms with E-state index in [4.69, 9.17) is 15.2 Å². The smallest absolute Gasteiger partial charge is 0.191 e. The van der Waals surface area contributed by atoms with E-state index in [-0.39, 0.29) is 0 Å². The Balaban J connectivity index is 2.00. The lowest BCUT2D eigenvalue weighted by molar-refractivity contribution is 0.0674. The summed E-state index contributed by atoms with van der Waals surface area (Å²) in [7, 11) is 0. The topological polar surface area (TPSA) is 60.1 Å². The zero-order chi connectivity index (χ0) is 16.7. The minimum absolute atomic E-state index is 0.542. The summed E-state index contributed by atoms with van der Waals surface area (Å²) in [5.41, 5.74) is 8.37. The Labute approximate surface area is 139 Å². The number of aliphatic imine (C=N–C) groups is 1. The second-order valence-corrected chi connectivity index (χ2v) is 6.42. The highest BCUT2D eigenvalue weighted by Gasteiger charge is 2.12. The van der Waals surface area contributed by atoms with E-state index in [9.17, 15) is 0 Å². The first-order valence-corrected chi connectivity index (χ1v) is 8.41. The molecule has 1 fully saturated rings. The van der Waals surface area contributed by atoms with E-state index in [1.165, 1.54) is 5.56 Å².